The first kappa shape index (κ1) is 26.1. The number of ether oxygens (including phenoxy) is 1. The number of alkyl halides is 3. The fraction of sp³-hybridized carbons (Fsp3) is 0.400. The first-order chi connectivity index (χ1) is 16.5. The van der Waals surface area contributed by atoms with Gasteiger partial charge in [-0.25, -0.2) is 0 Å². The lowest BCUT2D eigenvalue weighted by Gasteiger charge is -2.30. The number of hydrogen-bond donors (Lipinski definition) is 2. The summed E-state index contributed by atoms with van der Waals surface area (Å²) in [6, 6.07) is 10.7. The predicted octanol–water partition coefficient (Wildman–Crippen LogP) is 3.51. The van der Waals surface area contributed by atoms with E-state index in [1.165, 1.54) is 25.1 Å². The minimum Gasteiger partial charge on any atom is -0.406 e. The van der Waals surface area contributed by atoms with Crippen molar-refractivity contribution >= 4 is 23.4 Å². The van der Waals surface area contributed by atoms with Crippen LogP contribution in [-0.2, 0) is 27.2 Å². The molecular weight excluding hydrogens is 463 g/mol. The quantitative estimate of drug-likeness (QED) is 0.621. The summed E-state index contributed by atoms with van der Waals surface area (Å²) in [7, 11) is 0. The molecule has 0 radical (unpaired) electrons. The van der Waals surface area contributed by atoms with Gasteiger partial charge >= 0.3 is 6.36 Å². The normalized spacial score (nSPS) is 16.8. The highest BCUT2D eigenvalue weighted by Crippen LogP contribution is 2.29. The van der Waals surface area contributed by atoms with Gasteiger partial charge < -0.3 is 20.3 Å². The molecule has 0 aliphatic carbocycles. The molecular formula is C25H28F3N3O4. The lowest BCUT2D eigenvalue weighted by atomic mass is 10.0. The van der Waals surface area contributed by atoms with E-state index in [0.29, 0.717) is 12.8 Å². The molecule has 188 valence electrons. The van der Waals surface area contributed by atoms with Crippen molar-refractivity contribution in [3.05, 3.63) is 59.7 Å². The third kappa shape index (κ3) is 6.74. The summed E-state index contributed by atoms with van der Waals surface area (Å²) >= 11 is 0. The van der Waals surface area contributed by atoms with Crippen LogP contribution < -0.4 is 20.3 Å². The van der Waals surface area contributed by atoms with Crippen molar-refractivity contribution < 1.29 is 32.3 Å². The molecule has 0 bridgehead atoms. The molecule has 35 heavy (non-hydrogen) atoms. The van der Waals surface area contributed by atoms with E-state index in [0.717, 1.165) is 17.3 Å². The summed E-state index contributed by atoms with van der Waals surface area (Å²) in [5, 5.41) is 5.19. The van der Waals surface area contributed by atoms with E-state index in [1.807, 2.05) is 38.1 Å². The number of nitrogens with one attached hydrogen (secondary N) is 2. The summed E-state index contributed by atoms with van der Waals surface area (Å²) < 4.78 is 42.5. The topological polar surface area (TPSA) is 87.7 Å². The van der Waals surface area contributed by atoms with Gasteiger partial charge in [0.25, 0.3) is 0 Å². The van der Waals surface area contributed by atoms with Crippen LogP contribution in [0.4, 0.5) is 18.9 Å². The molecule has 1 aliphatic heterocycles. The summed E-state index contributed by atoms with van der Waals surface area (Å²) in [4.78, 5) is 40.0. The SMILES string of the molecule is CC(=O)NC(Cc1ccccc1OC(F)(F)F)C(=O)NC1CCc2ccccc2N(C(C)C)C1=O. The number of halogens is 3. The number of hydrogen-bond acceptors (Lipinski definition) is 4. The lowest BCUT2D eigenvalue weighted by Crippen LogP contribution is -2.55. The van der Waals surface area contributed by atoms with E-state index >= 15 is 0 Å². The highest BCUT2D eigenvalue weighted by atomic mass is 19.4. The number of para-hydroxylation sites is 2. The first-order valence-electron chi connectivity index (χ1n) is 11.3. The van der Waals surface area contributed by atoms with E-state index in [-0.39, 0.29) is 23.9 Å². The van der Waals surface area contributed by atoms with Crippen LogP contribution in [0.5, 0.6) is 5.75 Å². The summed E-state index contributed by atoms with van der Waals surface area (Å²) in [5.41, 5.74) is 1.84. The Balaban J connectivity index is 1.83. The zero-order chi connectivity index (χ0) is 25.8. The average molecular weight is 492 g/mol. The van der Waals surface area contributed by atoms with E-state index in [1.54, 1.807) is 4.90 Å². The van der Waals surface area contributed by atoms with Crippen molar-refractivity contribution in [1.82, 2.24) is 10.6 Å². The fourth-order valence-electron chi connectivity index (χ4n) is 4.18. The van der Waals surface area contributed by atoms with Gasteiger partial charge in [-0.3, -0.25) is 14.4 Å². The number of amides is 3. The lowest BCUT2D eigenvalue weighted by molar-refractivity contribution is -0.274. The molecule has 0 spiro atoms. The average Bonchev–Trinajstić information content (AvgIpc) is 2.89. The molecule has 0 aromatic heterocycles. The monoisotopic (exact) mass is 491 g/mol. The predicted molar refractivity (Wildman–Crippen MR) is 124 cm³/mol. The van der Waals surface area contributed by atoms with Crippen LogP contribution in [0.2, 0.25) is 0 Å². The van der Waals surface area contributed by atoms with Crippen LogP contribution in [0, 0.1) is 0 Å². The van der Waals surface area contributed by atoms with Gasteiger partial charge in [0, 0.05) is 25.1 Å². The third-order valence-corrected chi connectivity index (χ3v) is 5.64. The first-order valence-corrected chi connectivity index (χ1v) is 11.3. The Morgan fingerprint density at radius 2 is 1.77 bits per heavy atom. The molecule has 10 heteroatoms. The van der Waals surface area contributed by atoms with Gasteiger partial charge in [-0.1, -0.05) is 36.4 Å². The molecule has 7 nitrogen and oxygen atoms in total. The van der Waals surface area contributed by atoms with Gasteiger partial charge in [0.2, 0.25) is 17.7 Å². The molecule has 2 aromatic rings. The summed E-state index contributed by atoms with van der Waals surface area (Å²) in [5.74, 6) is -1.96. The zero-order valence-corrected chi connectivity index (χ0v) is 19.7. The second kappa shape index (κ2) is 10.8. The Bertz CT molecular complexity index is 1090. The Morgan fingerprint density at radius 3 is 2.43 bits per heavy atom. The maximum atomic E-state index is 13.4. The molecule has 3 amide bonds. The smallest absolute Gasteiger partial charge is 0.406 e. The maximum Gasteiger partial charge on any atom is 0.573 e. The van der Waals surface area contributed by atoms with Crippen LogP contribution in [0.1, 0.15) is 38.3 Å². The largest absolute Gasteiger partial charge is 0.573 e. The number of rotatable bonds is 7. The minimum absolute atomic E-state index is 0.0853. The molecule has 2 atom stereocenters. The molecule has 0 saturated heterocycles. The molecule has 0 fully saturated rings. The Morgan fingerprint density at radius 1 is 1.11 bits per heavy atom. The number of benzene rings is 2. The molecule has 2 N–H and O–H groups in total. The van der Waals surface area contributed by atoms with Crippen LogP contribution in [0.15, 0.2) is 48.5 Å². The molecule has 0 saturated carbocycles. The maximum absolute atomic E-state index is 13.4. The van der Waals surface area contributed by atoms with Crippen molar-refractivity contribution in [2.45, 2.75) is 64.5 Å². The van der Waals surface area contributed by atoms with E-state index in [4.69, 9.17) is 0 Å². The van der Waals surface area contributed by atoms with Crippen molar-refractivity contribution in [2.24, 2.45) is 0 Å². The molecule has 2 aromatic carbocycles. The summed E-state index contributed by atoms with van der Waals surface area (Å²) in [6.45, 7) is 4.94. The van der Waals surface area contributed by atoms with Crippen molar-refractivity contribution in [2.75, 3.05) is 4.90 Å². The number of nitrogens with zero attached hydrogens (tertiary/aromatic N) is 1. The number of aryl methyl sites for hydroxylation is 1. The molecule has 2 unspecified atom stereocenters. The van der Waals surface area contributed by atoms with Gasteiger partial charge in [-0.05, 0) is 49.9 Å². The van der Waals surface area contributed by atoms with Crippen molar-refractivity contribution in [1.29, 1.82) is 0 Å². The van der Waals surface area contributed by atoms with Gasteiger partial charge in [-0.2, -0.15) is 0 Å². The van der Waals surface area contributed by atoms with Crippen molar-refractivity contribution in [3.8, 4) is 5.75 Å². The minimum atomic E-state index is -4.91. The highest BCUT2D eigenvalue weighted by molar-refractivity contribution is 6.01. The number of carbonyl (C=O) groups excluding carboxylic acids is 3. The van der Waals surface area contributed by atoms with Gasteiger partial charge in [-0.15, -0.1) is 13.2 Å². The fourth-order valence-corrected chi connectivity index (χ4v) is 4.18. The second-order valence-electron chi connectivity index (χ2n) is 8.64. The van der Waals surface area contributed by atoms with E-state index < -0.39 is 36.0 Å². The number of fused-ring (bicyclic) bond motifs is 1. The molecule has 3 rings (SSSR count). The zero-order valence-electron chi connectivity index (χ0n) is 19.7. The summed E-state index contributed by atoms with van der Waals surface area (Å²) in [6.07, 6.45) is -4.29. The van der Waals surface area contributed by atoms with Gasteiger partial charge in [0.05, 0.1) is 0 Å². The van der Waals surface area contributed by atoms with Crippen LogP contribution in [0.25, 0.3) is 0 Å². The molecule has 1 heterocycles. The van der Waals surface area contributed by atoms with Crippen LogP contribution in [-0.4, -0.2) is 42.2 Å². The molecule has 1 aliphatic rings. The van der Waals surface area contributed by atoms with Crippen LogP contribution in [0.3, 0.4) is 0 Å². The standard InChI is InChI=1S/C25H28F3N3O4/c1-15(2)31-21-10-6-4-8-17(21)12-13-19(24(31)34)30-23(33)20(29-16(3)32)14-18-9-5-7-11-22(18)35-25(26,27)28/h4-11,15,19-20H,12-14H2,1-3H3,(H,29,32)(H,30,33). The van der Waals surface area contributed by atoms with E-state index in [2.05, 4.69) is 15.4 Å². The van der Waals surface area contributed by atoms with Crippen LogP contribution >= 0.6 is 0 Å². The Labute approximate surface area is 201 Å². The van der Waals surface area contributed by atoms with E-state index in [9.17, 15) is 27.6 Å². The Kier molecular flexibility index (Phi) is 8.03. The number of anilines is 1. The van der Waals surface area contributed by atoms with Gasteiger partial charge in [0.15, 0.2) is 0 Å². The Hall–Kier alpha value is -3.56. The van der Waals surface area contributed by atoms with Gasteiger partial charge in [0.1, 0.15) is 17.8 Å². The second-order valence-corrected chi connectivity index (χ2v) is 8.64. The number of carbonyl (C=O) groups is 3. The van der Waals surface area contributed by atoms with Crippen molar-refractivity contribution in [3.63, 3.8) is 0 Å². The highest BCUT2D eigenvalue weighted by Gasteiger charge is 2.35. The third-order valence-electron chi connectivity index (χ3n) is 5.64.